The molecule has 1 unspecified atom stereocenters. The third-order valence-corrected chi connectivity index (χ3v) is 7.65. The second-order valence-corrected chi connectivity index (χ2v) is 9.63. The number of benzene rings is 3. The Morgan fingerprint density at radius 2 is 1.89 bits per heavy atom. The third-order valence-electron chi connectivity index (χ3n) is 7.65. The molecule has 3 aromatic carbocycles. The van der Waals surface area contributed by atoms with Gasteiger partial charge in [0.05, 0.1) is 25.1 Å². The lowest BCUT2D eigenvalue weighted by Gasteiger charge is -2.36. The van der Waals surface area contributed by atoms with Gasteiger partial charge in [0.15, 0.2) is 0 Å². The zero-order chi connectivity index (χ0) is 26.1. The average Bonchev–Trinajstić information content (AvgIpc) is 3.36. The molecule has 1 aliphatic rings. The minimum Gasteiger partial charge on any atom is -0.469 e. The largest absolute Gasteiger partial charge is 0.469 e. The normalized spacial score (nSPS) is 15.9. The maximum atomic E-state index is 13.3. The summed E-state index contributed by atoms with van der Waals surface area (Å²) in [5.41, 5.74) is 7.95. The number of aromatic nitrogens is 3. The molecule has 0 N–H and O–H groups in total. The van der Waals surface area contributed by atoms with Crippen LogP contribution in [0.5, 0.6) is 0 Å². The number of carbonyl (C=O) groups excluding carboxylic acids is 2. The third kappa shape index (κ3) is 4.50. The van der Waals surface area contributed by atoms with Crippen molar-refractivity contribution in [3.63, 3.8) is 0 Å². The Labute approximate surface area is 217 Å². The molecular weight excluding hydrogens is 464 g/mol. The molecule has 0 aliphatic carbocycles. The van der Waals surface area contributed by atoms with Gasteiger partial charge in [-0.25, -0.2) is 4.68 Å². The Bertz CT molecular complexity index is 1460. The number of hydrogen-bond donors (Lipinski definition) is 0. The van der Waals surface area contributed by atoms with Crippen molar-refractivity contribution in [3.05, 3.63) is 94.0 Å². The van der Waals surface area contributed by atoms with E-state index in [9.17, 15) is 9.59 Å². The number of fused-ring (bicyclic) bond motifs is 2. The first kappa shape index (κ1) is 24.7. The molecule has 7 heteroatoms. The maximum Gasteiger partial charge on any atom is 0.306 e. The lowest BCUT2D eigenvalue weighted by molar-refractivity contribution is -0.140. The molecule has 4 aromatic rings. The Balaban J connectivity index is 1.55. The van der Waals surface area contributed by atoms with Crippen LogP contribution in [0.2, 0.25) is 0 Å². The highest BCUT2D eigenvalue weighted by Gasteiger charge is 2.30. The number of nitrogens with zero attached hydrogens (tertiary/aromatic N) is 4. The van der Waals surface area contributed by atoms with Gasteiger partial charge in [-0.15, -0.1) is 5.10 Å². The quantitative estimate of drug-likeness (QED) is 0.342. The number of hydrogen-bond acceptors (Lipinski definition) is 5. The van der Waals surface area contributed by atoms with E-state index in [0.29, 0.717) is 12.1 Å². The number of carbonyl (C=O) groups is 2. The lowest BCUT2D eigenvalue weighted by atomic mass is 9.82. The second kappa shape index (κ2) is 10.2. The van der Waals surface area contributed by atoms with Crippen molar-refractivity contribution >= 4 is 22.9 Å². The summed E-state index contributed by atoms with van der Waals surface area (Å²) in [6, 6.07) is 19.9. The zero-order valence-electron chi connectivity index (χ0n) is 21.8. The number of aryl methyl sites for hydroxylation is 2. The van der Waals surface area contributed by atoms with Crippen LogP contribution in [-0.2, 0) is 22.5 Å². The highest BCUT2D eigenvalue weighted by atomic mass is 16.5. The van der Waals surface area contributed by atoms with Crippen LogP contribution in [0.3, 0.4) is 0 Å². The first-order valence-corrected chi connectivity index (χ1v) is 12.8. The molecule has 0 saturated carbocycles. The number of esters is 1. The van der Waals surface area contributed by atoms with Crippen LogP contribution in [0, 0.1) is 6.92 Å². The van der Waals surface area contributed by atoms with Crippen LogP contribution < -0.4 is 0 Å². The molecule has 1 amide bonds. The predicted molar refractivity (Wildman–Crippen MR) is 142 cm³/mol. The summed E-state index contributed by atoms with van der Waals surface area (Å²) in [7, 11) is 1.42. The van der Waals surface area contributed by atoms with E-state index in [-0.39, 0.29) is 30.3 Å². The molecule has 2 atom stereocenters. The van der Waals surface area contributed by atoms with Gasteiger partial charge in [0, 0.05) is 24.6 Å². The topological polar surface area (TPSA) is 77.3 Å². The highest BCUT2D eigenvalue weighted by Crippen LogP contribution is 2.38. The fourth-order valence-electron chi connectivity index (χ4n) is 5.52. The molecule has 1 aromatic heterocycles. The maximum absolute atomic E-state index is 13.3. The van der Waals surface area contributed by atoms with Crippen molar-refractivity contribution < 1.29 is 14.3 Å². The Morgan fingerprint density at radius 3 is 2.62 bits per heavy atom. The van der Waals surface area contributed by atoms with Crippen LogP contribution in [0.1, 0.15) is 70.4 Å². The van der Waals surface area contributed by atoms with E-state index in [2.05, 4.69) is 41.5 Å². The standard InChI is InChI=1S/C30H32N4O3/c1-5-34-27-14-13-24(19(2)29(27)31-32-34)26(18-28(35)37-4)23-12-11-21-15-16-33(20(3)25(21)17-23)30(36)22-9-7-6-8-10-22/h6-14,17,20,26H,5,15-16,18H2,1-4H3/t20-,26?/m1/s1. The van der Waals surface area contributed by atoms with E-state index in [4.69, 9.17) is 4.74 Å². The van der Waals surface area contributed by atoms with Gasteiger partial charge >= 0.3 is 5.97 Å². The van der Waals surface area contributed by atoms with Crippen molar-refractivity contribution in [1.29, 1.82) is 0 Å². The van der Waals surface area contributed by atoms with E-state index < -0.39 is 0 Å². The molecule has 0 spiro atoms. The summed E-state index contributed by atoms with van der Waals surface area (Å²) in [6.07, 6.45) is 1.01. The molecule has 5 rings (SSSR count). The fraction of sp³-hybridized carbons (Fsp3) is 0.333. The van der Waals surface area contributed by atoms with Crippen LogP contribution in [0.4, 0.5) is 0 Å². The summed E-state index contributed by atoms with van der Waals surface area (Å²) in [5, 5.41) is 8.70. The van der Waals surface area contributed by atoms with Crippen molar-refractivity contribution in [3.8, 4) is 0 Å². The van der Waals surface area contributed by atoms with Crippen molar-refractivity contribution in [1.82, 2.24) is 19.9 Å². The highest BCUT2D eigenvalue weighted by molar-refractivity contribution is 5.94. The number of methoxy groups -OCH3 is 1. The molecule has 190 valence electrons. The molecule has 37 heavy (non-hydrogen) atoms. The van der Waals surface area contributed by atoms with E-state index in [0.717, 1.165) is 46.3 Å². The number of ether oxygens (including phenoxy) is 1. The van der Waals surface area contributed by atoms with E-state index in [1.165, 1.54) is 12.7 Å². The summed E-state index contributed by atoms with van der Waals surface area (Å²) in [4.78, 5) is 27.8. The molecule has 0 saturated heterocycles. The molecule has 2 heterocycles. The first-order valence-electron chi connectivity index (χ1n) is 12.8. The molecule has 0 fully saturated rings. The van der Waals surface area contributed by atoms with Crippen molar-refractivity contribution in [2.75, 3.05) is 13.7 Å². The van der Waals surface area contributed by atoms with Crippen molar-refractivity contribution in [2.45, 2.75) is 52.1 Å². The molecule has 1 aliphatic heterocycles. The minimum atomic E-state index is -0.270. The van der Waals surface area contributed by atoms with E-state index in [1.54, 1.807) is 0 Å². The fourth-order valence-corrected chi connectivity index (χ4v) is 5.52. The average molecular weight is 497 g/mol. The van der Waals surface area contributed by atoms with Gasteiger partial charge in [0.2, 0.25) is 0 Å². The Hall–Kier alpha value is -4.00. The van der Waals surface area contributed by atoms with Crippen LogP contribution in [-0.4, -0.2) is 45.4 Å². The van der Waals surface area contributed by atoms with Gasteiger partial charge in [0.25, 0.3) is 5.91 Å². The molecule has 7 nitrogen and oxygen atoms in total. The molecule has 0 radical (unpaired) electrons. The van der Waals surface area contributed by atoms with Gasteiger partial charge in [0.1, 0.15) is 5.52 Å². The Kier molecular flexibility index (Phi) is 6.78. The van der Waals surface area contributed by atoms with Crippen LogP contribution in [0.15, 0.2) is 60.7 Å². The minimum absolute atomic E-state index is 0.0376. The molecular formula is C30H32N4O3. The lowest BCUT2D eigenvalue weighted by Crippen LogP contribution is -2.39. The monoisotopic (exact) mass is 496 g/mol. The van der Waals surface area contributed by atoms with Crippen LogP contribution >= 0.6 is 0 Å². The van der Waals surface area contributed by atoms with E-state index >= 15 is 0 Å². The second-order valence-electron chi connectivity index (χ2n) is 9.63. The molecule has 0 bridgehead atoms. The summed E-state index contributed by atoms with van der Waals surface area (Å²) >= 11 is 0. The number of rotatable bonds is 6. The first-order chi connectivity index (χ1) is 17.9. The van der Waals surface area contributed by atoms with Crippen molar-refractivity contribution in [2.24, 2.45) is 0 Å². The summed E-state index contributed by atoms with van der Waals surface area (Å²) in [6.45, 7) is 7.57. The zero-order valence-corrected chi connectivity index (χ0v) is 21.8. The smallest absolute Gasteiger partial charge is 0.306 e. The van der Waals surface area contributed by atoms with Gasteiger partial charge < -0.3 is 9.64 Å². The van der Waals surface area contributed by atoms with Gasteiger partial charge in [-0.3, -0.25) is 9.59 Å². The van der Waals surface area contributed by atoms with E-state index in [1.807, 2.05) is 59.8 Å². The SMILES string of the molecule is CCn1nnc2c(C)c(C(CC(=O)OC)c3ccc4c(c3)[C@@H](C)N(C(=O)c3ccccc3)CC4)ccc21. The van der Waals surface area contributed by atoms with Gasteiger partial charge in [-0.05, 0) is 73.2 Å². The Morgan fingerprint density at radius 1 is 1.11 bits per heavy atom. The van der Waals surface area contributed by atoms with Gasteiger partial charge in [-0.2, -0.15) is 0 Å². The summed E-state index contributed by atoms with van der Waals surface area (Å²) in [5.74, 6) is -0.440. The summed E-state index contributed by atoms with van der Waals surface area (Å²) < 4.78 is 6.96. The predicted octanol–water partition coefficient (Wildman–Crippen LogP) is 5.21. The van der Waals surface area contributed by atoms with Gasteiger partial charge in [-0.1, -0.05) is 47.7 Å². The number of amides is 1. The van der Waals surface area contributed by atoms with Crippen LogP contribution in [0.25, 0.3) is 11.0 Å².